The van der Waals surface area contributed by atoms with Crippen molar-refractivity contribution in [3.8, 4) is 11.1 Å². The summed E-state index contributed by atoms with van der Waals surface area (Å²) in [6, 6.07) is 8.14. The summed E-state index contributed by atoms with van der Waals surface area (Å²) in [5.74, 6) is -0.648. The normalized spacial score (nSPS) is 11.7. The summed E-state index contributed by atoms with van der Waals surface area (Å²) < 4.78 is 44.3. The predicted molar refractivity (Wildman–Crippen MR) is 77.9 cm³/mol. The Morgan fingerprint density at radius 1 is 1.22 bits per heavy atom. The maximum atomic E-state index is 13.2. The molecule has 0 saturated carbocycles. The number of halogens is 3. The van der Waals surface area contributed by atoms with Crippen molar-refractivity contribution in [2.24, 2.45) is 0 Å². The van der Waals surface area contributed by atoms with E-state index in [0.717, 1.165) is 6.07 Å². The molecule has 118 valence electrons. The standard InChI is InChI=1S/C16H11F3N2O2/c1-23-15(22)12-7-9(6-10-8-20-21-14(10)12)11-4-2-3-5-13(11)16(17,18)19/h2-8H,1H3,(H,20,21). The molecule has 4 nitrogen and oxygen atoms in total. The number of nitrogens with zero attached hydrogens (tertiary/aromatic N) is 1. The first kappa shape index (κ1) is 15.1. The molecule has 0 bridgehead atoms. The van der Waals surface area contributed by atoms with Crippen LogP contribution in [0.2, 0.25) is 0 Å². The number of rotatable bonds is 2. The largest absolute Gasteiger partial charge is 0.465 e. The van der Waals surface area contributed by atoms with Crippen LogP contribution in [-0.4, -0.2) is 23.3 Å². The molecule has 0 aliphatic carbocycles. The number of methoxy groups -OCH3 is 1. The lowest BCUT2D eigenvalue weighted by molar-refractivity contribution is -0.137. The third kappa shape index (κ3) is 2.65. The van der Waals surface area contributed by atoms with Crippen LogP contribution in [-0.2, 0) is 10.9 Å². The van der Waals surface area contributed by atoms with Gasteiger partial charge >= 0.3 is 12.1 Å². The Labute approximate surface area is 128 Å². The number of aromatic amines is 1. The fraction of sp³-hybridized carbons (Fsp3) is 0.125. The van der Waals surface area contributed by atoms with Gasteiger partial charge in [-0.3, -0.25) is 5.10 Å². The van der Waals surface area contributed by atoms with Gasteiger partial charge in [0, 0.05) is 5.39 Å². The van der Waals surface area contributed by atoms with Crippen LogP contribution in [0.1, 0.15) is 15.9 Å². The number of hydrogen-bond donors (Lipinski definition) is 1. The molecule has 7 heteroatoms. The van der Waals surface area contributed by atoms with E-state index in [2.05, 4.69) is 10.2 Å². The molecule has 1 N–H and O–H groups in total. The van der Waals surface area contributed by atoms with Crippen molar-refractivity contribution in [1.82, 2.24) is 10.2 Å². The first-order valence-electron chi connectivity index (χ1n) is 6.64. The topological polar surface area (TPSA) is 55.0 Å². The van der Waals surface area contributed by atoms with E-state index in [-0.39, 0.29) is 16.7 Å². The number of aromatic nitrogens is 2. The number of alkyl halides is 3. The second-order valence-electron chi connectivity index (χ2n) is 4.89. The number of carbonyl (C=O) groups excluding carboxylic acids is 1. The predicted octanol–water partition coefficient (Wildman–Crippen LogP) is 4.04. The molecule has 1 heterocycles. The molecule has 0 spiro atoms. The van der Waals surface area contributed by atoms with Crippen LogP contribution in [0.4, 0.5) is 13.2 Å². The summed E-state index contributed by atoms with van der Waals surface area (Å²) >= 11 is 0. The summed E-state index contributed by atoms with van der Waals surface area (Å²) in [6.45, 7) is 0. The summed E-state index contributed by atoms with van der Waals surface area (Å²) in [6.07, 6.45) is -3.05. The van der Waals surface area contributed by atoms with Gasteiger partial charge in [-0.1, -0.05) is 18.2 Å². The Hall–Kier alpha value is -2.83. The van der Waals surface area contributed by atoms with Crippen LogP contribution < -0.4 is 0 Å². The smallest absolute Gasteiger partial charge is 0.417 e. The summed E-state index contributed by atoms with van der Waals surface area (Å²) in [4.78, 5) is 11.9. The van der Waals surface area contributed by atoms with E-state index in [1.165, 1.54) is 37.6 Å². The average Bonchev–Trinajstić information content (AvgIpc) is 3.00. The zero-order valence-corrected chi connectivity index (χ0v) is 11.9. The number of fused-ring (bicyclic) bond motifs is 1. The number of hydrogen-bond acceptors (Lipinski definition) is 3. The van der Waals surface area contributed by atoms with Gasteiger partial charge in [0.15, 0.2) is 0 Å². The van der Waals surface area contributed by atoms with E-state index in [1.807, 2.05) is 0 Å². The third-order valence-electron chi connectivity index (χ3n) is 3.50. The number of ether oxygens (including phenoxy) is 1. The highest BCUT2D eigenvalue weighted by Crippen LogP contribution is 2.38. The van der Waals surface area contributed by atoms with Gasteiger partial charge in [0.25, 0.3) is 0 Å². The molecule has 1 aromatic heterocycles. The van der Waals surface area contributed by atoms with Crippen LogP contribution >= 0.6 is 0 Å². The highest BCUT2D eigenvalue weighted by molar-refractivity contribution is 6.04. The van der Waals surface area contributed by atoms with Gasteiger partial charge in [-0.2, -0.15) is 18.3 Å². The van der Waals surface area contributed by atoms with Crippen molar-refractivity contribution in [2.75, 3.05) is 7.11 Å². The highest BCUT2D eigenvalue weighted by atomic mass is 19.4. The van der Waals surface area contributed by atoms with Crippen LogP contribution in [0.15, 0.2) is 42.6 Å². The molecular weight excluding hydrogens is 309 g/mol. The fourth-order valence-electron chi connectivity index (χ4n) is 2.47. The number of nitrogens with one attached hydrogen (secondary N) is 1. The summed E-state index contributed by atoms with van der Waals surface area (Å²) in [7, 11) is 1.21. The van der Waals surface area contributed by atoms with Crippen molar-refractivity contribution in [2.45, 2.75) is 6.18 Å². The third-order valence-corrected chi connectivity index (χ3v) is 3.50. The molecule has 0 saturated heterocycles. The van der Waals surface area contributed by atoms with Gasteiger partial charge in [-0.15, -0.1) is 0 Å². The minimum absolute atomic E-state index is 0.00625. The Kier molecular flexibility index (Phi) is 3.55. The fourth-order valence-corrected chi connectivity index (χ4v) is 2.47. The number of H-pyrrole nitrogens is 1. The lowest BCUT2D eigenvalue weighted by Crippen LogP contribution is -2.07. The monoisotopic (exact) mass is 320 g/mol. The van der Waals surface area contributed by atoms with E-state index in [4.69, 9.17) is 4.74 Å². The first-order valence-corrected chi connectivity index (χ1v) is 6.64. The maximum Gasteiger partial charge on any atom is 0.417 e. The van der Waals surface area contributed by atoms with Crippen LogP contribution in [0.25, 0.3) is 22.0 Å². The lowest BCUT2D eigenvalue weighted by atomic mass is 9.96. The van der Waals surface area contributed by atoms with E-state index in [0.29, 0.717) is 10.9 Å². The minimum Gasteiger partial charge on any atom is -0.465 e. The Morgan fingerprint density at radius 2 is 1.96 bits per heavy atom. The molecule has 0 aliphatic rings. The van der Waals surface area contributed by atoms with Gasteiger partial charge in [0.1, 0.15) is 0 Å². The zero-order valence-electron chi connectivity index (χ0n) is 11.9. The molecule has 0 aliphatic heterocycles. The highest BCUT2D eigenvalue weighted by Gasteiger charge is 2.33. The van der Waals surface area contributed by atoms with Crippen molar-refractivity contribution in [3.05, 3.63) is 53.7 Å². The van der Waals surface area contributed by atoms with Gasteiger partial charge in [0.05, 0.1) is 30.0 Å². The van der Waals surface area contributed by atoms with Crippen molar-refractivity contribution >= 4 is 16.9 Å². The van der Waals surface area contributed by atoms with E-state index in [1.54, 1.807) is 6.07 Å². The summed E-state index contributed by atoms with van der Waals surface area (Å²) in [5.41, 5.74) is 0.0544. The van der Waals surface area contributed by atoms with Gasteiger partial charge in [-0.05, 0) is 29.3 Å². The first-order chi connectivity index (χ1) is 10.9. The molecule has 0 atom stereocenters. The second kappa shape index (κ2) is 5.42. The lowest BCUT2D eigenvalue weighted by Gasteiger charge is -2.13. The molecule has 3 rings (SSSR count). The molecular formula is C16H11F3N2O2. The van der Waals surface area contributed by atoms with E-state index >= 15 is 0 Å². The van der Waals surface area contributed by atoms with Crippen LogP contribution in [0.5, 0.6) is 0 Å². The molecule has 2 aromatic carbocycles. The molecule has 0 amide bonds. The molecule has 0 unspecified atom stereocenters. The van der Waals surface area contributed by atoms with Gasteiger partial charge < -0.3 is 4.74 Å². The van der Waals surface area contributed by atoms with Crippen molar-refractivity contribution in [1.29, 1.82) is 0 Å². The number of carbonyl (C=O) groups is 1. The zero-order chi connectivity index (χ0) is 16.6. The van der Waals surface area contributed by atoms with E-state index < -0.39 is 17.7 Å². The second-order valence-corrected chi connectivity index (χ2v) is 4.89. The van der Waals surface area contributed by atoms with Crippen molar-refractivity contribution < 1.29 is 22.7 Å². The molecule has 0 radical (unpaired) electrons. The minimum atomic E-state index is -4.49. The average molecular weight is 320 g/mol. The Bertz CT molecular complexity index is 884. The van der Waals surface area contributed by atoms with Gasteiger partial charge in [-0.25, -0.2) is 4.79 Å². The van der Waals surface area contributed by atoms with Crippen LogP contribution in [0.3, 0.4) is 0 Å². The Balaban J connectivity index is 2.28. The van der Waals surface area contributed by atoms with E-state index in [9.17, 15) is 18.0 Å². The SMILES string of the molecule is COC(=O)c1cc(-c2ccccc2C(F)(F)F)cc2cn[nH]c12. The summed E-state index contributed by atoms with van der Waals surface area (Å²) in [5, 5.41) is 7.01. The number of esters is 1. The maximum absolute atomic E-state index is 13.2. The van der Waals surface area contributed by atoms with Crippen molar-refractivity contribution in [3.63, 3.8) is 0 Å². The molecule has 0 fully saturated rings. The van der Waals surface area contributed by atoms with Crippen LogP contribution in [0, 0.1) is 0 Å². The quantitative estimate of drug-likeness (QED) is 0.725. The number of benzene rings is 2. The molecule has 3 aromatic rings. The molecule has 23 heavy (non-hydrogen) atoms. The Morgan fingerprint density at radius 3 is 2.65 bits per heavy atom. The van der Waals surface area contributed by atoms with Gasteiger partial charge in [0.2, 0.25) is 0 Å².